The Morgan fingerprint density at radius 2 is 1.37 bits per heavy atom. The lowest BCUT2D eigenvalue weighted by Crippen LogP contribution is -2.21. The fourth-order valence-corrected chi connectivity index (χ4v) is 1.93. The summed E-state index contributed by atoms with van der Waals surface area (Å²) in [4.78, 5) is 5.40. The molecule has 0 bridgehead atoms. The van der Waals surface area contributed by atoms with E-state index >= 15 is 0 Å². The quantitative estimate of drug-likeness (QED) is 0.808. The van der Waals surface area contributed by atoms with E-state index in [4.69, 9.17) is 9.94 Å². The van der Waals surface area contributed by atoms with Gasteiger partial charge in [0.2, 0.25) is 0 Å². The molecule has 0 amide bonds. The maximum Gasteiger partial charge on any atom is 0.0681 e. The van der Waals surface area contributed by atoms with Crippen molar-refractivity contribution in [2.24, 2.45) is 0 Å². The van der Waals surface area contributed by atoms with Gasteiger partial charge in [0.05, 0.1) is 13.7 Å². The maximum absolute atomic E-state index is 9.02. The minimum absolute atomic E-state index is 0.0816. The van der Waals surface area contributed by atoms with E-state index in [1.165, 1.54) is 5.56 Å². The molecule has 2 rings (SSSR count). The molecule has 100 valence electrons. The van der Waals surface area contributed by atoms with E-state index in [0.29, 0.717) is 0 Å². The number of rotatable bonds is 6. The molecule has 0 aliphatic carbocycles. The first-order valence-electron chi connectivity index (χ1n) is 6.33. The minimum Gasteiger partial charge on any atom is -0.392 e. The van der Waals surface area contributed by atoms with Crippen molar-refractivity contribution < 1.29 is 9.94 Å². The fourth-order valence-electron chi connectivity index (χ4n) is 1.93. The Kier molecular flexibility index (Phi) is 5.10. The molecule has 0 atom stereocenters. The zero-order chi connectivity index (χ0) is 13.5. The minimum atomic E-state index is 0.0816. The topological polar surface area (TPSA) is 32.7 Å². The van der Waals surface area contributed by atoms with Crippen LogP contribution in [0.2, 0.25) is 0 Å². The Morgan fingerprint density at radius 1 is 0.842 bits per heavy atom. The number of hydrogen-bond donors (Lipinski definition) is 1. The van der Waals surface area contributed by atoms with Crippen LogP contribution >= 0.6 is 0 Å². The maximum atomic E-state index is 9.02. The van der Waals surface area contributed by atoms with Gasteiger partial charge in [-0.15, -0.1) is 0 Å². The van der Waals surface area contributed by atoms with Crippen molar-refractivity contribution in [2.45, 2.75) is 19.7 Å². The van der Waals surface area contributed by atoms with Crippen molar-refractivity contribution in [2.75, 3.05) is 7.11 Å². The average Bonchev–Trinajstić information content (AvgIpc) is 2.48. The molecule has 0 aliphatic rings. The van der Waals surface area contributed by atoms with Gasteiger partial charge >= 0.3 is 0 Å². The van der Waals surface area contributed by atoms with E-state index < -0.39 is 0 Å². The zero-order valence-corrected chi connectivity index (χ0v) is 11.1. The molecule has 0 aromatic heterocycles. The van der Waals surface area contributed by atoms with Crippen LogP contribution in [0.5, 0.6) is 0 Å². The van der Waals surface area contributed by atoms with Crippen molar-refractivity contribution in [1.82, 2.24) is 5.06 Å². The van der Waals surface area contributed by atoms with E-state index in [-0.39, 0.29) is 6.61 Å². The van der Waals surface area contributed by atoms with Crippen LogP contribution in [0.4, 0.5) is 0 Å². The highest BCUT2D eigenvalue weighted by atomic mass is 16.7. The number of aliphatic hydroxyl groups excluding tert-OH is 1. The summed E-state index contributed by atoms with van der Waals surface area (Å²) in [5, 5.41) is 10.9. The van der Waals surface area contributed by atoms with E-state index in [0.717, 1.165) is 24.2 Å². The largest absolute Gasteiger partial charge is 0.392 e. The number of benzene rings is 2. The van der Waals surface area contributed by atoms with E-state index in [1.807, 2.05) is 47.5 Å². The summed E-state index contributed by atoms with van der Waals surface area (Å²) < 4.78 is 0. The SMILES string of the molecule is CON(Cc1ccccc1)Cc1ccc(CO)cc1. The third-order valence-electron chi connectivity index (χ3n) is 3.02. The summed E-state index contributed by atoms with van der Waals surface area (Å²) in [5.74, 6) is 0. The van der Waals surface area contributed by atoms with Crippen molar-refractivity contribution >= 4 is 0 Å². The highest BCUT2D eigenvalue weighted by molar-refractivity contribution is 5.22. The van der Waals surface area contributed by atoms with Crippen molar-refractivity contribution in [3.05, 3.63) is 71.3 Å². The van der Waals surface area contributed by atoms with Crippen molar-refractivity contribution in [1.29, 1.82) is 0 Å². The average molecular weight is 257 g/mol. The molecule has 19 heavy (non-hydrogen) atoms. The number of aliphatic hydroxyl groups is 1. The van der Waals surface area contributed by atoms with Crippen molar-refractivity contribution in [3.63, 3.8) is 0 Å². The first-order chi connectivity index (χ1) is 9.31. The molecule has 3 heteroatoms. The third kappa shape index (κ3) is 4.17. The lowest BCUT2D eigenvalue weighted by atomic mass is 10.1. The summed E-state index contributed by atoms with van der Waals surface area (Å²) in [7, 11) is 1.69. The van der Waals surface area contributed by atoms with Gasteiger partial charge in [0.25, 0.3) is 0 Å². The van der Waals surface area contributed by atoms with Gasteiger partial charge in [-0.25, -0.2) is 0 Å². The van der Waals surface area contributed by atoms with Crippen molar-refractivity contribution in [3.8, 4) is 0 Å². The van der Waals surface area contributed by atoms with Crippen LogP contribution in [-0.2, 0) is 24.5 Å². The first kappa shape index (κ1) is 13.7. The second-order valence-corrected chi connectivity index (χ2v) is 4.44. The molecule has 0 saturated heterocycles. The van der Waals surface area contributed by atoms with Crippen LogP contribution in [0.3, 0.4) is 0 Å². The first-order valence-corrected chi connectivity index (χ1v) is 6.33. The smallest absolute Gasteiger partial charge is 0.0681 e. The van der Waals surface area contributed by atoms with Crippen LogP contribution in [0.15, 0.2) is 54.6 Å². The Labute approximate surface area is 114 Å². The molecule has 0 heterocycles. The number of nitrogens with zero attached hydrogens (tertiary/aromatic N) is 1. The Hall–Kier alpha value is -1.68. The molecular weight excluding hydrogens is 238 g/mol. The predicted octanol–water partition coefficient (Wildman–Crippen LogP) is 2.74. The molecule has 2 aromatic rings. The highest BCUT2D eigenvalue weighted by Gasteiger charge is 2.06. The van der Waals surface area contributed by atoms with Gasteiger partial charge < -0.3 is 9.94 Å². The second kappa shape index (κ2) is 7.04. The lowest BCUT2D eigenvalue weighted by molar-refractivity contribution is -0.146. The molecule has 0 unspecified atom stereocenters. The van der Waals surface area contributed by atoms with Gasteiger partial charge in [0.1, 0.15) is 0 Å². The van der Waals surface area contributed by atoms with E-state index in [2.05, 4.69) is 12.1 Å². The third-order valence-corrected chi connectivity index (χ3v) is 3.02. The van der Waals surface area contributed by atoms with Gasteiger partial charge in [-0.2, -0.15) is 5.06 Å². The van der Waals surface area contributed by atoms with Gasteiger partial charge in [0, 0.05) is 13.1 Å². The predicted molar refractivity (Wildman–Crippen MR) is 75.1 cm³/mol. The standard InChI is InChI=1S/C16H19NO2/c1-19-17(11-14-5-3-2-4-6-14)12-15-7-9-16(13-18)10-8-15/h2-10,18H,11-13H2,1H3. The Morgan fingerprint density at radius 3 is 1.89 bits per heavy atom. The monoisotopic (exact) mass is 257 g/mol. The summed E-state index contributed by atoms with van der Waals surface area (Å²) in [5.41, 5.74) is 3.31. The van der Waals surface area contributed by atoms with Crippen LogP contribution in [0.25, 0.3) is 0 Å². The van der Waals surface area contributed by atoms with Crippen LogP contribution in [0, 0.1) is 0 Å². The van der Waals surface area contributed by atoms with Gasteiger partial charge in [-0.3, -0.25) is 0 Å². The molecule has 3 nitrogen and oxygen atoms in total. The number of hydroxylamine groups is 2. The van der Waals surface area contributed by atoms with Crippen LogP contribution in [0.1, 0.15) is 16.7 Å². The van der Waals surface area contributed by atoms with Gasteiger partial charge in [-0.1, -0.05) is 54.6 Å². The second-order valence-electron chi connectivity index (χ2n) is 4.44. The summed E-state index contributed by atoms with van der Waals surface area (Å²) in [6.45, 7) is 1.55. The Bertz CT molecular complexity index is 482. The molecular formula is C16H19NO2. The van der Waals surface area contributed by atoms with Gasteiger partial charge in [-0.05, 0) is 16.7 Å². The van der Waals surface area contributed by atoms with E-state index in [9.17, 15) is 0 Å². The molecule has 2 aromatic carbocycles. The lowest BCUT2D eigenvalue weighted by Gasteiger charge is -2.19. The Balaban J connectivity index is 1.98. The van der Waals surface area contributed by atoms with Crippen LogP contribution in [-0.4, -0.2) is 17.3 Å². The summed E-state index contributed by atoms with van der Waals surface area (Å²) in [6, 6.07) is 18.1. The molecule has 0 aliphatic heterocycles. The highest BCUT2D eigenvalue weighted by Crippen LogP contribution is 2.11. The fraction of sp³-hybridized carbons (Fsp3) is 0.250. The molecule has 0 saturated carbocycles. The summed E-state index contributed by atoms with van der Waals surface area (Å²) in [6.07, 6.45) is 0. The molecule has 0 radical (unpaired) electrons. The molecule has 0 spiro atoms. The van der Waals surface area contributed by atoms with E-state index in [1.54, 1.807) is 7.11 Å². The molecule has 0 fully saturated rings. The molecule has 1 N–H and O–H groups in total. The zero-order valence-electron chi connectivity index (χ0n) is 11.1. The normalized spacial score (nSPS) is 10.9. The van der Waals surface area contributed by atoms with Gasteiger partial charge in [0.15, 0.2) is 0 Å². The number of hydrogen-bond acceptors (Lipinski definition) is 3. The van der Waals surface area contributed by atoms with Crippen LogP contribution < -0.4 is 0 Å². The summed E-state index contributed by atoms with van der Waals surface area (Å²) >= 11 is 0.